The third-order valence-electron chi connectivity index (χ3n) is 5.33. The number of aromatic nitrogens is 3. The van der Waals surface area contributed by atoms with Gasteiger partial charge in [-0.15, -0.1) is 5.10 Å². The minimum Gasteiger partial charge on any atom is -0.476 e. The van der Waals surface area contributed by atoms with Crippen molar-refractivity contribution < 1.29 is 14.3 Å². The number of aryl methyl sites for hydroxylation is 1. The van der Waals surface area contributed by atoms with Crippen LogP contribution in [0, 0.1) is 12.8 Å². The molecular weight excluding hydrogens is 346 g/mol. The van der Waals surface area contributed by atoms with Crippen molar-refractivity contribution >= 4 is 11.7 Å². The molecule has 0 atom stereocenters. The standard InChI is InChI=1S/C19H27N5O3/c1-14-12-24-17(20-14)2-3-18(22-24)27-13-15-4-8-23(9-5-15)19(25)21-16-6-10-26-11-7-16/h2-3,12,15-16H,4-11,13H2,1H3,(H,21,25). The Labute approximate surface area is 158 Å². The van der Waals surface area contributed by atoms with Crippen LogP contribution >= 0.6 is 0 Å². The topological polar surface area (TPSA) is 81.0 Å². The van der Waals surface area contributed by atoms with E-state index in [1.807, 2.05) is 30.2 Å². The van der Waals surface area contributed by atoms with E-state index in [0.717, 1.165) is 63.3 Å². The molecule has 2 fully saturated rings. The van der Waals surface area contributed by atoms with Crippen LogP contribution in [0.1, 0.15) is 31.4 Å². The molecule has 2 saturated heterocycles. The quantitative estimate of drug-likeness (QED) is 0.887. The molecule has 8 heteroatoms. The van der Waals surface area contributed by atoms with Crippen molar-refractivity contribution in [2.24, 2.45) is 5.92 Å². The summed E-state index contributed by atoms with van der Waals surface area (Å²) in [4.78, 5) is 18.7. The Morgan fingerprint density at radius 2 is 2.04 bits per heavy atom. The normalized spacial score (nSPS) is 19.4. The van der Waals surface area contributed by atoms with E-state index in [2.05, 4.69) is 15.4 Å². The van der Waals surface area contributed by atoms with Gasteiger partial charge in [-0.05, 0) is 44.6 Å². The number of amides is 2. The van der Waals surface area contributed by atoms with Crippen molar-refractivity contribution in [3.63, 3.8) is 0 Å². The molecule has 4 heterocycles. The van der Waals surface area contributed by atoms with Crippen LogP contribution in [0.2, 0.25) is 0 Å². The molecule has 0 radical (unpaired) electrons. The van der Waals surface area contributed by atoms with Crippen LogP contribution in [0.25, 0.3) is 5.65 Å². The fraction of sp³-hybridized carbons (Fsp3) is 0.632. The van der Waals surface area contributed by atoms with E-state index in [4.69, 9.17) is 9.47 Å². The van der Waals surface area contributed by atoms with Crippen molar-refractivity contribution in [2.45, 2.75) is 38.6 Å². The lowest BCUT2D eigenvalue weighted by Crippen LogP contribution is -2.49. The lowest BCUT2D eigenvalue weighted by Gasteiger charge is -2.33. The maximum Gasteiger partial charge on any atom is 0.317 e. The molecule has 2 aromatic heterocycles. The van der Waals surface area contributed by atoms with E-state index < -0.39 is 0 Å². The van der Waals surface area contributed by atoms with Gasteiger partial charge < -0.3 is 19.7 Å². The number of imidazole rings is 1. The summed E-state index contributed by atoms with van der Waals surface area (Å²) in [5.41, 5.74) is 1.76. The largest absolute Gasteiger partial charge is 0.476 e. The van der Waals surface area contributed by atoms with Gasteiger partial charge in [0.15, 0.2) is 5.65 Å². The van der Waals surface area contributed by atoms with Crippen LogP contribution in [-0.4, -0.2) is 64.5 Å². The smallest absolute Gasteiger partial charge is 0.317 e. The third kappa shape index (κ3) is 4.50. The predicted octanol–water partition coefficient (Wildman–Crippen LogP) is 2.02. The summed E-state index contributed by atoms with van der Waals surface area (Å²) in [5.74, 6) is 1.05. The number of hydrogen-bond acceptors (Lipinski definition) is 5. The van der Waals surface area contributed by atoms with E-state index in [-0.39, 0.29) is 12.1 Å². The molecule has 0 saturated carbocycles. The van der Waals surface area contributed by atoms with Crippen LogP contribution in [0.5, 0.6) is 5.88 Å². The van der Waals surface area contributed by atoms with Crippen molar-refractivity contribution in [1.82, 2.24) is 24.8 Å². The Bertz CT molecular complexity index is 779. The number of hydrogen-bond donors (Lipinski definition) is 1. The maximum absolute atomic E-state index is 12.4. The minimum atomic E-state index is 0.0591. The van der Waals surface area contributed by atoms with E-state index in [0.29, 0.717) is 18.4 Å². The predicted molar refractivity (Wildman–Crippen MR) is 99.9 cm³/mol. The molecule has 0 unspecified atom stereocenters. The van der Waals surface area contributed by atoms with Gasteiger partial charge in [-0.25, -0.2) is 14.3 Å². The first kappa shape index (κ1) is 18.0. The first-order valence-corrected chi connectivity index (χ1v) is 9.76. The van der Waals surface area contributed by atoms with Crippen molar-refractivity contribution in [3.05, 3.63) is 24.0 Å². The lowest BCUT2D eigenvalue weighted by atomic mass is 9.98. The number of fused-ring (bicyclic) bond motifs is 1. The lowest BCUT2D eigenvalue weighted by molar-refractivity contribution is 0.0765. The number of nitrogens with zero attached hydrogens (tertiary/aromatic N) is 4. The van der Waals surface area contributed by atoms with Gasteiger partial charge >= 0.3 is 6.03 Å². The number of piperidine rings is 1. The summed E-state index contributed by atoms with van der Waals surface area (Å²) in [6, 6.07) is 4.08. The van der Waals surface area contributed by atoms with Gasteiger partial charge in [0.1, 0.15) is 0 Å². The van der Waals surface area contributed by atoms with Gasteiger partial charge in [-0.1, -0.05) is 0 Å². The van der Waals surface area contributed by atoms with Crippen LogP contribution in [0.4, 0.5) is 4.79 Å². The van der Waals surface area contributed by atoms with Gasteiger partial charge in [0.05, 0.1) is 18.5 Å². The van der Waals surface area contributed by atoms with Gasteiger partial charge in [0, 0.05) is 38.4 Å². The van der Waals surface area contributed by atoms with Crippen molar-refractivity contribution in [3.8, 4) is 5.88 Å². The Balaban J connectivity index is 1.22. The van der Waals surface area contributed by atoms with E-state index in [9.17, 15) is 4.79 Å². The van der Waals surface area contributed by atoms with E-state index in [1.165, 1.54) is 0 Å². The van der Waals surface area contributed by atoms with Gasteiger partial charge in [0.2, 0.25) is 5.88 Å². The molecule has 2 aliphatic heterocycles. The highest BCUT2D eigenvalue weighted by Crippen LogP contribution is 2.19. The molecule has 2 aromatic rings. The molecule has 0 aromatic carbocycles. The van der Waals surface area contributed by atoms with Gasteiger partial charge in [0.25, 0.3) is 0 Å². The number of ether oxygens (including phenoxy) is 2. The number of urea groups is 1. The molecule has 4 rings (SSSR count). The summed E-state index contributed by atoms with van der Waals surface area (Å²) in [6.45, 7) is 5.60. The average Bonchev–Trinajstić information content (AvgIpc) is 3.07. The Morgan fingerprint density at radius 3 is 2.81 bits per heavy atom. The highest BCUT2D eigenvalue weighted by atomic mass is 16.5. The van der Waals surface area contributed by atoms with E-state index in [1.54, 1.807) is 4.52 Å². The van der Waals surface area contributed by atoms with Crippen LogP contribution < -0.4 is 10.1 Å². The highest BCUT2D eigenvalue weighted by Gasteiger charge is 2.25. The zero-order chi connectivity index (χ0) is 18.6. The summed E-state index contributed by atoms with van der Waals surface area (Å²) in [5, 5.41) is 7.57. The van der Waals surface area contributed by atoms with Crippen molar-refractivity contribution in [2.75, 3.05) is 32.9 Å². The SMILES string of the molecule is Cc1cn2nc(OCC3CCN(C(=O)NC4CCOCC4)CC3)ccc2n1. The molecule has 8 nitrogen and oxygen atoms in total. The Hall–Kier alpha value is -2.35. The van der Waals surface area contributed by atoms with Crippen LogP contribution in [-0.2, 0) is 4.74 Å². The highest BCUT2D eigenvalue weighted by molar-refractivity contribution is 5.74. The molecule has 0 aliphatic carbocycles. The molecule has 0 bridgehead atoms. The summed E-state index contributed by atoms with van der Waals surface area (Å²) >= 11 is 0. The van der Waals surface area contributed by atoms with Crippen molar-refractivity contribution in [1.29, 1.82) is 0 Å². The zero-order valence-corrected chi connectivity index (χ0v) is 15.8. The van der Waals surface area contributed by atoms with Crippen LogP contribution in [0.15, 0.2) is 18.3 Å². The average molecular weight is 373 g/mol. The third-order valence-corrected chi connectivity index (χ3v) is 5.33. The van der Waals surface area contributed by atoms with Gasteiger partial charge in [-0.3, -0.25) is 0 Å². The second-order valence-corrected chi connectivity index (χ2v) is 7.43. The van der Waals surface area contributed by atoms with E-state index >= 15 is 0 Å². The molecule has 1 N–H and O–H groups in total. The Kier molecular flexibility index (Phi) is 5.42. The van der Waals surface area contributed by atoms with Gasteiger partial charge in [-0.2, -0.15) is 0 Å². The minimum absolute atomic E-state index is 0.0591. The number of carbonyl (C=O) groups is 1. The molecular formula is C19H27N5O3. The number of nitrogens with one attached hydrogen (secondary N) is 1. The summed E-state index contributed by atoms with van der Waals surface area (Å²) in [7, 11) is 0. The fourth-order valence-corrected chi connectivity index (χ4v) is 3.67. The number of rotatable bonds is 4. The molecule has 2 amide bonds. The first-order chi connectivity index (χ1) is 13.2. The second kappa shape index (κ2) is 8.12. The first-order valence-electron chi connectivity index (χ1n) is 9.76. The summed E-state index contributed by atoms with van der Waals surface area (Å²) in [6.07, 6.45) is 5.60. The molecule has 2 aliphatic rings. The molecule has 27 heavy (non-hydrogen) atoms. The number of likely N-dealkylation sites (tertiary alicyclic amines) is 1. The Morgan fingerprint density at radius 1 is 1.26 bits per heavy atom. The fourth-order valence-electron chi connectivity index (χ4n) is 3.67. The summed E-state index contributed by atoms with van der Waals surface area (Å²) < 4.78 is 13.0. The number of carbonyl (C=O) groups excluding carboxylic acids is 1. The van der Waals surface area contributed by atoms with Crippen LogP contribution in [0.3, 0.4) is 0 Å². The second-order valence-electron chi connectivity index (χ2n) is 7.43. The zero-order valence-electron chi connectivity index (χ0n) is 15.8. The maximum atomic E-state index is 12.4. The monoisotopic (exact) mass is 373 g/mol. The molecule has 146 valence electrons. The molecule has 0 spiro atoms.